The van der Waals surface area contributed by atoms with Crippen LogP contribution in [0.15, 0.2) is 11.6 Å². The van der Waals surface area contributed by atoms with Gasteiger partial charge in [0.2, 0.25) is 0 Å². The van der Waals surface area contributed by atoms with E-state index in [1.54, 1.807) is 25.4 Å². The average molecular weight is 171 g/mol. The van der Waals surface area contributed by atoms with Crippen molar-refractivity contribution >= 4 is 17.3 Å². The van der Waals surface area contributed by atoms with Gasteiger partial charge >= 0.3 is 5.97 Å². The van der Waals surface area contributed by atoms with Crippen molar-refractivity contribution in [2.75, 3.05) is 0 Å². The van der Waals surface area contributed by atoms with Gasteiger partial charge in [-0.05, 0) is 0 Å². The van der Waals surface area contributed by atoms with Gasteiger partial charge in [-0.3, -0.25) is 4.79 Å². The Balaban J connectivity index is 2.50. The summed E-state index contributed by atoms with van der Waals surface area (Å²) in [6.45, 7) is 3.58. The fourth-order valence-corrected chi connectivity index (χ4v) is 0.955. The summed E-state index contributed by atoms with van der Waals surface area (Å²) in [6.07, 6.45) is 1.60. The van der Waals surface area contributed by atoms with Gasteiger partial charge < -0.3 is 4.74 Å². The summed E-state index contributed by atoms with van der Waals surface area (Å²) in [4.78, 5) is 14.8. The Morgan fingerprint density at radius 2 is 2.45 bits per heavy atom. The smallest absolute Gasteiger partial charge is 0.315 e. The molecule has 0 spiro atoms. The molecule has 0 fully saturated rings. The highest BCUT2D eigenvalue weighted by Crippen LogP contribution is 2.14. The Morgan fingerprint density at radius 3 is 2.91 bits per heavy atom. The van der Waals surface area contributed by atoms with Gasteiger partial charge in [0, 0.05) is 11.6 Å². The van der Waals surface area contributed by atoms with Gasteiger partial charge in [-0.25, -0.2) is 4.98 Å². The highest BCUT2D eigenvalue weighted by molar-refractivity contribution is 7.11. The zero-order valence-corrected chi connectivity index (χ0v) is 7.22. The molecule has 60 valence electrons. The highest BCUT2D eigenvalue weighted by atomic mass is 32.1. The predicted octanol–water partition coefficient (Wildman–Crippen LogP) is 1.70. The van der Waals surface area contributed by atoms with E-state index in [4.69, 9.17) is 4.74 Å². The first-order valence-electron chi connectivity index (χ1n) is 3.31. The molecule has 1 aromatic heterocycles. The predicted molar refractivity (Wildman–Crippen MR) is 42.6 cm³/mol. The normalized spacial score (nSPS) is 10.1. The molecule has 0 aromatic carbocycles. The molecular weight excluding hydrogens is 162 g/mol. The lowest BCUT2D eigenvalue weighted by atomic mass is 10.2. The quantitative estimate of drug-likeness (QED) is 0.636. The van der Waals surface area contributed by atoms with E-state index in [0.29, 0.717) is 5.19 Å². The van der Waals surface area contributed by atoms with Gasteiger partial charge in [0.25, 0.3) is 5.19 Å². The zero-order valence-electron chi connectivity index (χ0n) is 6.40. The summed E-state index contributed by atoms with van der Waals surface area (Å²) in [5.41, 5.74) is 0. The lowest BCUT2D eigenvalue weighted by molar-refractivity contribution is -0.137. The lowest BCUT2D eigenvalue weighted by Crippen LogP contribution is -2.14. The fourth-order valence-electron chi connectivity index (χ4n) is 0.465. The van der Waals surface area contributed by atoms with Crippen LogP contribution in [0.25, 0.3) is 0 Å². The SMILES string of the molecule is CC(C)C(=O)Oc1nccs1. The number of rotatable bonds is 2. The van der Waals surface area contributed by atoms with Crippen LogP contribution in [0, 0.1) is 5.92 Å². The number of carbonyl (C=O) groups excluding carboxylic acids is 1. The molecule has 1 heterocycles. The molecule has 0 saturated carbocycles. The third kappa shape index (κ3) is 2.31. The van der Waals surface area contributed by atoms with Crippen LogP contribution in [0.1, 0.15) is 13.8 Å². The average Bonchev–Trinajstić information content (AvgIpc) is 2.39. The van der Waals surface area contributed by atoms with Gasteiger partial charge in [0.05, 0.1) is 5.92 Å². The summed E-state index contributed by atoms with van der Waals surface area (Å²) in [6, 6.07) is 0. The molecule has 1 aromatic rings. The maximum Gasteiger partial charge on any atom is 0.315 e. The van der Waals surface area contributed by atoms with Crippen LogP contribution in [0.2, 0.25) is 0 Å². The summed E-state index contributed by atoms with van der Waals surface area (Å²) in [7, 11) is 0. The van der Waals surface area contributed by atoms with Crippen LogP contribution in [-0.2, 0) is 4.79 Å². The largest absolute Gasteiger partial charge is 0.398 e. The minimum Gasteiger partial charge on any atom is -0.398 e. The molecule has 0 bridgehead atoms. The molecular formula is C7H9NO2S. The van der Waals surface area contributed by atoms with Crippen LogP contribution in [0.4, 0.5) is 0 Å². The van der Waals surface area contributed by atoms with Crippen molar-refractivity contribution in [2.24, 2.45) is 5.92 Å². The molecule has 0 saturated heterocycles. The van der Waals surface area contributed by atoms with Gasteiger partial charge in [-0.2, -0.15) is 0 Å². The molecule has 11 heavy (non-hydrogen) atoms. The minimum absolute atomic E-state index is 0.0982. The molecule has 0 atom stereocenters. The van der Waals surface area contributed by atoms with Crippen molar-refractivity contribution in [2.45, 2.75) is 13.8 Å². The fraction of sp³-hybridized carbons (Fsp3) is 0.429. The monoisotopic (exact) mass is 171 g/mol. The zero-order chi connectivity index (χ0) is 8.27. The van der Waals surface area contributed by atoms with Crippen LogP contribution in [-0.4, -0.2) is 11.0 Å². The summed E-state index contributed by atoms with van der Waals surface area (Å²) >= 11 is 1.31. The third-order valence-electron chi connectivity index (χ3n) is 1.07. The van der Waals surface area contributed by atoms with Crippen molar-refractivity contribution < 1.29 is 9.53 Å². The summed E-state index contributed by atoms with van der Waals surface area (Å²) < 4.78 is 4.88. The number of hydrogen-bond donors (Lipinski definition) is 0. The van der Waals surface area contributed by atoms with Crippen molar-refractivity contribution in [3.8, 4) is 5.19 Å². The first-order chi connectivity index (χ1) is 5.20. The Morgan fingerprint density at radius 1 is 1.73 bits per heavy atom. The maximum atomic E-state index is 11.0. The number of aromatic nitrogens is 1. The van der Waals surface area contributed by atoms with E-state index in [1.807, 2.05) is 0 Å². The Labute approximate surface area is 69.0 Å². The molecule has 0 aliphatic rings. The Kier molecular flexibility index (Phi) is 2.59. The molecule has 0 aliphatic carbocycles. The summed E-state index contributed by atoms with van der Waals surface area (Å²) in [5.74, 6) is -0.334. The number of esters is 1. The molecule has 0 radical (unpaired) electrons. The number of hydrogen-bond acceptors (Lipinski definition) is 4. The standard InChI is InChI=1S/C7H9NO2S/c1-5(2)6(9)10-7-8-3-4-11-7/h3-5H,1-2H3. The first-order valence-corrected chi connectivity index (χ1v) is 4.19. The number of thiazole rings is 1. The van der Waals surface area contributed by atoms with E-state index in [2.05, 4.69) is 4.98 Å². The topological polar surface area (TPSA) is 39.2 Å². The third-order valence-corrected chi connectivity index (χ3v) is 1.72. The second-order valence-corrected chi connectivity index (χ2v) is 3.23. The number of nitrogens with zero attached hydrogens (tertiary/aromatic N) is 1. The Bertz CT molecular complexity index is 231. The molecule has 4 heteroatoms. The minimum atomic E-state index is -0.236. The van der Waals surface area contributed by atoms with Gasteiger partial charge in [-0.15, -0.1) is 0 Å². The van der Waals surface area contributed by atoms with E-state index in [9.17, 15) is 4.79 Å². The van der Waals surface area contributed by atoms with Crippen molar-refractivity contribution in [1.82, 2.24) is 4.98 Å². The lowest BCUT2D eigenvalue weighted by Gasteiger charge is -2.01. The molecule has 1 rings (SSSR count). The molecule has 0 amide bonds. The number of carbonyl (C=O) groups is 1. The van der Waals surface area contributed by atoms with Crippen molar-refractivity contribution in [3.05, 3.63) is 11.6 Å². The van der Waals surface area contributed by atoms with Crippen LogP contribution in [0.5, 0.6) is 5.19 Å². The van der Waals surface area contributed by atoms with Gasteiger partial charge in [0.1, 0.15) is 0 Å². The van der Waals surface area contributed by atoms with Gasteiger partial charge in [0.15, 0.2) is 0 Å². The van der Waals surface area contributed by atoms with Gasteiger partial charge in [-0.1, -0.05) is 25.2 Å². The molecule has 3 nitrogen and oxygen atoms in total. The highest BCUT2D eigenvalue weighted by Gasteiger charge is 2.10. The molecule has 0 N–H and O–H groups in total. The molecule has 0 unspecified atom stereocenters. The van der Waals surface area contributed by atoms with E-state index in [-0.39, 0.29) is 11.9 Å². The molecule has 0 aliphatic heterocycles. The summed E-state index contributed by atoms with van der Waals surface area (Å²) in [5, 5.41) is 2.19. The van der Waals surface area contributed by atoms with E-state index >= 15 is 0 Å². The van der Waals surface area contributed by atoms with E-state index < -0.39 is 0 Å². The van der Waals surface area contributed by atoms with E-state index in [0.717, 1.165) is 0 Å². The maximum absolute atomic E-state index is 11.0. The van der Waals surface area contributed by atoms with Crippen molar-refractivity contribution in [1.29, 1.82) is 0 Å². The van der Waals surface area contributed by atoms with Crippen LogP contribution in [0.3, 0.4) is 0 Å². The Hall–Kier alpha value is -0.900. The first kappa shape index (κ1) is 8.20. The second-order valence-electron chi connectivity index (χ2n) is 2.37. The van der Waals surface area contributed by atoms with Crippen LogP contribution < -0.4 is 4.74 Å². The second kappa shape index (κ2) is 3.48. The van der Waals surface area contributed by atoms with Crippen molar-refractivity contribution in [3.63, 3.8) is 0 Å². The number of ether oxygens (including phenoxy) is 1. The van der Waals surface area contributed by atoms with E-state index in [1.165, 1.54) is 11.3 Å². The van der Waals surface area contributed by atoms with Crippen LogP contribution >= 0.6 is 11.3 Å².